The van der Waals surface area contributed by atoms with Gasteiger partial charge in [0.1, 0.15) is 10.6 Å². The van der Waals surface area contributed by atoms with Crippen molar-refractivity contribution in [3.8, 4) is 0 Å². The van der Waals surface area contributed by atoms with Gasteiger partial charge in [0.15, 0.2) is 0 Å². The van der Waals surface area contributed by atoms with E-state index in [2.05, 4.69) is 47.1 Å². The Morgan fingerprint density at radius 2 is 2.24 bits per heavy atom. The summed E-state index contributed by atoms with van der Waals surface area (Å²) in [6.07, 6.45) is 3.67. The number of aromatic nitrogens is 2. The summed E-state index contributed by atoms with van der Waals surface area (Å²) in [7, 11) is 2.20. The molecule has 3 rings (SSSR count). The molecule has 2 heterocycles. The average molecular weight is 325 g/mol. The van der Waals surface area contributed by atoms with Crippen LogP contribution in [0.3, 0.4) is 0 Å². The summed E-state index contributed by atoms with van der Waals surface area (Å²) >= 11 is 7.74. The smallest absolute Gasteiger partial charge is 0.225 e. The van der Waals surface area contributed by atoms with Gasteiger partial charge in [-0.3, -0.25) is 4.90 Å². The molecule has 1 atom stereocenters. The quantitative estimate of drug-likeness (QED) is 0.820. The van der Waals surface area contributed by atoms with Gasteiger partial charge >= 0.3 is 0 Å². The van der Waals surface area contributed by atoms with Crippen LogP contribution in [-0.2, 0) is 6.42 Å². The second kappa shape index (κ2) is 6.07. The van der Waals surface area contributed by atoms with Crippen molar-refractivity contribution in [3.63, 3.8) is 0 Å². The Morgan fingerprint density at radius 1 is 1.48 bits per heavy atom. The third-order valence-corrected chi connectivity index (χ3v) is 5.49. The maximum Gasteiger partial charge on any atom is 0.225 e. The first-order valence-corrected chi connectivity index (χ1v) is 8.69. The second-order valence-corrected chi connectivity index (χ2v) is 7.21. The number of hydrogen-bond acceptors (Lipinski definition) is 5. The number of aryl methyl sites for hydroxylation is 1. The molecule has 1 N–H and O–H groups in total. The van der Waals surface area contributed by atoms with Crippen LogP contribution in [0.5, 0.6) is 0 Å². The minimum absolute atomic E-state index is 0.317. The van der Waals surface area contributed by atoms with Crippen LogP contribution in [0.4, 0.5) is 5.82 Å². The van der Waals surface area contributed by atoms with Crippen molar-refractivity contribution in [3.05, 3.63) is 16.2 Å². The van der Waals surface area contributed by atoms with Crippen molar-refractivity contribution in [2.24, 2.45) is 0 Å². The zero-order valence-electron chi connectivity index (χ0n) is 12.7. The van der Waals surface area contributed by atoms with Crippen LogP contribution in [0.1, 0.15) is 31.6 Å². The number of fused-ring (bicyclic) bond motifs is 1. The first-order valence-electron chi connectivity index (χ1n) is 7.50. The molecule has 0 amide bonds. The van der Waals surface area contributed by atoms with Gasteiger partial charge in [0, 0.05) is 23.5 Å². The van der Waals surface area contributed by atoms with Crippen molar-refractivity contribution in [1.29, 1.82) is 0 Å². The first-order chi connectivity index (χ1) is 10.1. The molecule has 2 aromatic rings. The monoisotopic (exact) mass is 324 g/mol. The molecule has 0 bridgehead atoms. The van der Waals surface area contributed by atoms with Crippen molar-refractivity contribution in [2.75, 3.05) is 18.9 Å². The molecule has 114 valence electrons. The summed E-state index contributed by atoms with van der Waals surface area (Å²) in [5, 5.41) is 4.86. The van der Waals surface area contributed by atoms with Crippen molar-refractivity contribution in [2.45, 2.75) is 45.2 Å². The van der Waals surface area contributed by atoms with E-state index >= 15 is 0 Å². The highest BCUT2D eigenvalue weighted by molar-refractivity contribution is 7.18. The van der Waals surface area contributed by atoms with E-state index in [0.29, 0.717) is 11.3 Å². The summed E-state index contributed by atoms with van der Waals surface area (Å²) in [5.41, 5.74) is 0. The number of rotatable bonds is 6. The Hall–Kier alpha value is -0.910. The Morgan fingerprint density at radius 3 is 2.90 bits per heavy atom. The highest BCUT2D eigenvalue weighted by Crippen LogP contribution is 2.31. The van der Waals surface area contributed by atoms with Crippen LogP contribution in [0.15, 0.2) is 6.07 Å². The summed E-state index contributed by atoms with van der Waals surface area (Å²) in [6, 6.07) is 3.42. The molecule has 0 aliphatic heterocycles. The van der Waals surface area contributed by atoms with E-state index < -0.39 is 0 Å². The molecule has 4 nitrogen and oxygen atoms in total. The summed E-state index contributed by atoms with van der Waals surface area (Å²) < 4.78 is 0. The summed E-state index contributed by atoms with van der Waals surface area (Å²) in [4.78, 5) is 13.4. The van der Waals surface area contributed by atoms with Gasteiger partial charge < -0.3 is 5.32 Å². The third kappa shape index (κ3) is 3.30. The molecule has 2 aromatic heterocycles. The highest BCUT2D eigenvalue weighted by atomic mass is 35.5. The van der Waals surface area contributed by atoms with Crippen LogP contribution in [0, 0.1) is 0 Å². The number of likely N-dealkylation sites (N-methyl/N-ethyl adjacent to an activating group) is 1. The number of thiophene rings is 1. The molecular formula is C15H21ClN4S. The van der Waals surface area contributed by atoms with Crippen LogP contribution in [0.25, 0.3) is 10.2 Å². The first kappa shape index (κ1) is 15.0. The van der Waals surface area contributed by atoms with E-state index in [4.69, 9.17) is 11.6 Å². The lowest BCUT2D eigenvalue weighted by Crippen LogP contribution is -2.36. The Kier molecular flexibility index (Phi) is 4.33. The molecule has 1 saturated carbocycles. The topological polar surface area (TPSA) is 41.0 Å². The van der Waals surface area contributed by atoms with Gasteiger partial charge in [0.25, 0.3) is 0 Å². The Labute approximate surface area is 134 Å². The van der Waals surface area contributed by atoms with E-state index in [9.17, 15) is 0 Å². The molecule has 0 radical (unpaired) electrons. The van der Waals surface area contributed by atoms with Crippen LogP contribution in [-0.4, -0.2) is 40.5 Å². The predicted octanol–water partition coefficient (Wildman–Crippen LogP) is 3.80. The molecule has 1 aliphatic rings. The van der Waals surface area contributed by atoms with Gasteiger partial charge in [-0.1, -0.05) is 6.92 Å². The van der Waals surface area contributed by atoms with E-state index in [1.54, 1.807) is 11.3 Å². The average Bonchev–Trinajstić information content (AvgIpc) is 3.23. The summed E-state index contributed by atoms with van der Waals surface area (Å²) in [6.45, 7) is 5.27. The molecule has 1 aliphatic carbocycles. The number of nitrogens with one attached hydrogen (secondary N) is 1. The van der Waals surface area contributed by atoms with E-state index in [-0.39, 0.29) is 0 Å². The van der Waals surface area contributed by atoms with Crippen LogP contribution in [0.2, 0.25) is 5.28 Å². The largest absolute Gasteiger partial charge is 0.368 e. The molecule has 1 fully saturated rings. The fraction of sp³-hybridized carbons (Fsp3) is 0.600. The molecule has 0 spiro atoms. The zero-order valence-corrected chi connectivity index (χ0v) is 14.3. The normalized spacial score (nSPS) is 16.6. The highest BCUT2D eigenvalue weighted by Gasteiger charge is 2.29. The van der Waals surface area contributed by atoms with Gasteiger partial charge in [-0.25, -0.2) is 9.97 Å². The lowest BCUT2D eigenvalue weighted by Gasteiger charge is -2.24. The maximum atomic E-state index is 6.05. The van der Waals surface area contributed by atoms with Gasteiger partial charge in [-0.2, -0.15) is 0 Å². The summed E-state index contributed by atoms with van der Waals surface area (Å²) in [5.74, 6) is 0.858. The van der Waals surface area contributed by atoms with Gasteiger partial charge in [-0.05, 0) is 50.9 Å². The van der Waals surface area contributed by atoms with Crippen LogP contribution >= 0.6 is 22.9 Å². The van der Waals surface area contributed by atoms with Crippen molar-refractivity contribution in [1.82, 2.24) is 14.9 Å². The predicted molar refractivity (Wildman–Crippen MR) is 90.5 cm³/mol. The number of halogens is 1. The Bertz CT molecular complexity index is 638. The van der Waals surface area contributed by atoms with Gasteiger partial charge in [0.2, 0.25) is 5.28 Å². The molecule has 1 unspecified atom stereocenters. The van der Waals surface area contributed by atoms with E-state index in [1.165, 1.54) is 17.7 Å². The number of nitrogens with zero attached hydrogens (tertiary/aromatic N) is 3. The molecule has 21 heavy (non-hydrogen) atoms. The van der Waals surface area contributed by atoms with Crippen LogP contribution < -0.4 is 5.32 Å². The zero-order chi connectivity index (χ0) is 15.0. The third-order valence-electron chi connectivity index (χ3n) is 4.15. The minimum Gasteiger partial charge on any atom is -0.368 e. The molecular weight excluding hydrogens is 304 g/mol. The van der Waals surface area contributed by atoms with E-state index in [0.717, 1.165) is 35.0 Å². The molecule has 0 aromatic carbocycles. The van der Waals surface area contributed by atoms with Gasteiger partial charge in [0.05, 0.1) is 5.39 Å². The Balaban J connectivity index is 1.77. The van der Waals surface area contributed by atoms with E-state index in [1.807, 2.05) is 0 Å². The van der Waals surface area contributed by atoms with Crippen molar-refractivity contribution < 1.29 is 0 Å². The maximum absolute atomic E-state index is 6.05. The fourth-order valence-electron chi connectivity index (χ4n) is 2.48. The SMILES string of the molecule is CCc1cc2c(NCC(C)N(C)C3CC3)nc(Cl)nc2s1. The minimum atomic E-state index is 0.317. The molecule has 0 saturated heterocycles. The number of hydrogen-bond donors (Lipinski definition) is 1. The van der Waals surface area contributed by atoms with Crippen molar-refractivity contribution >= 4 is 39.0 Å². The lowest BCUT2D eigenvalue weighted by molar-refractivity contribution is 0.257. The number of anilines is 1. The standard InChI is InChI=1S/C15H21ClN4S/c1-4-11-7-12-13(18-15(16)19-14(12)21-11)17-8-9(2)20(3)10-5-6-10/h7,9-10H,4-6,8H2,1-3H3,(H,17,18,19). The fourth-order valence-corrected chi connectivity index (χ4v) is 3.67. The van der Waals surface area contributed by atoms with Gasteiger partial charge in [-0.15, -0.1) is 11.3 Å². The molecule has 6 heteroatoms. The second-order valence-electron chi connectivity index (χ2n) is 5.75. The lowest BCUT2D eigenvalue weighted by atomic mass is 10.2.